The van der Waals surface area contributed by atoms with Crippen molar-refractivity contribution >= 4 is 42.2 Å². The fraction of sp³-hybridized carbons (Fsp3) is 0.143. The van der Waals surface area contributed by atoms with E-state index >= 15 is 0 Å². The van der Waals surface area contributed by atoms with Crippen molar-refractivity contribution < 1.29 is 0 Å². The van der Waals surface area contributed by atoms with E-state index in [-0.39, 0.29) is 13.5 Å². The van der Waals surface area contributed by atoms with Gasteiger partial charge in [-0.2, -0.15) is 0 Å². The summed E-state index contributed by atoms with van der Waals surface area (Å²) in [5.74, 6) is 0. The average Bonchev–Trinajstić information content (AvgIpc) is 3.08. The molecule has 0 atom stereocenters. The van der Waals surface area contributed by atoms with Gasteiger partial charge in [0.05, 0.1) is 0 Å². The Hall–Kier alpha value is -3.24. The standard InChI is InChI=1S/2C21H21Ge.H2S/c2*1-4-10-19(11-5-1)16-22(17-20-12-6-2-7-13-20)18-21-14-8-3-9-15-21;/h2*1-15H,16-18H2;1H2/p-1. The summed E-state index contributed by atoms with van der Waals surface area (Å²) >= 11 is -2.45. The van der Waals surface area contributed by atoms with Crippen LogP contribution in [0.5, 0.6) is 0 Å². The maximum atomic E-state index is 2.28. The summed E-state index contributed by atoms with van der Waals surface area (Å²) in [5.41, 5.74) is 9.02. The first-order valence-electron chi connectivity index (χ1n) is 15.7. The van der Waals surface area contributed by atoms with Crippen LogP contribution in [0.3, 0.4) is 0 Å². The zero-order valence-corrected chi connectivity index (χ0v) is 31.1. The zero-order chi connectivity index (χ0) is 30.1. The molecule has 3 heteroatoms. The molecule has 0 saturated carbocycles. The molecule has 0 aliphatic carbocycles. The summed E-state index contributed by atoms with van der Waals surface area (Å²) in [5, 5.41) is 7.78. The number of hydrogen-bond acceptors (Lipinski definition) is 1. The van der Waals surface area contributed by atoms with Crippen molar-refractivity contribution in [1.82, 2.24) is 0 Å². The molecule has 0 amide bonds. The van der Waals surface area contributed by atoms with Gasteiger partial charge < -0.3 is 13.5 Å². The third kappa shape index (κ3) is 12.9. The molecule has 0 aliphatic heterocycles. The van der Waals surface area contributed by atoms with Crippen molar-refractivity contribution in [3.05, 3.63) is 215 Å². The van der Waals surface area contributed by atoms with E-state index in [0.29, 0.717) is 0 Å². The Balaban J connectivity index is 0.000000200. The van der Waals surface area contributed by atoms with Gasteiger partial charge in [0.25, 0.3) is 0 Å². The van der Waals surface area contributed by atoms with Gasteiger partial charge in [-0.1, -0.05) is 0 Å². The number of rotatable bonds is 12. The third-order valence-corrected chi connectivity index (χ3v) is 19.2. The topological polar surface area (TPSA) is 0 Å². The Morgan fingerprint density at radius 1 is 0.222 bits per heavy atom. The second kappa shape index (κ2) is 20.0. The van der Waals surface area contributed by atoms with Crippen LogP contribution in [0.25, 0.3) is 0 Å². The fourth-order valence-electron chi connectivity index (χ4n) is 5.68. The molecular formula is C42H43Ge2S-. The molecule has 0 saturated heterocycles. The molecule has 6 aromatic rings. The minimum absolute atomic E-state index is 0. The van der Waals surface area contributed by atoms with Gasteiger partial charge in [-0.3, -0.25) is 0 Å². The SMILES string of the molecule is [SH-].c1ccc([CH2][Ge]([CH2]c2ccccc2)[CH2]c2ccccc2)cc1.c1ccc([CH2][Ge]([CH2]c2ccccc2)[CH2]c2ccccc2)cc1. The van der Waals surface area contributed by atoms with Crippen LogP contribution in [0.4, 0.5) is 0 Å². The molecular weight excluding hydrogens is 682 g/mol. The number of thiol groups is 1. The van der Waals surface area contributed by atoms with Crippen molar-refractivity contribution in [3.63, 3.8) is 0 Å². The normalized spacial score (nSPS) is 10.5. The van der Waals surface area contributed by atoms with E-state index in [1.165, 1.54) is 64.9 Å². The molecule has 0 heterocycles. The molecule has 45 heavy (non-hydrogen) atoms. The van der Waals surface area contributed by atoms with Gasteiger partial charge in [0.1, 0.15) is 0 Å². The number of benzene rings is 6. The van der Waals surface area contributed by atoms with Gasteiger partial charge in [-0.15, -0.1) is 0 Å². The Labute approximate surface area is 287 Å². The third-order valence-electron chi connectivity index (χ3n) is 7.78. The first kappa shape index (κ1) is 34.6. The van der Waals surface area contributed by atoms with E-state index in [2.05, 4.69) is 182 Å². The summed E-state index contributed by atoms with van der Waals surface area (Å²) < 4.78 is 0. The van der Waals surface area contributed by atoms with Crippen molar-refractivity contribution in [2.45, 2.75) is 31.5 Å². The first-order chi connectivity index (χ1) is 21.8. The van der Waals surface area contributed by atoms with Gasteiger partial charge in [0, 0.05) is 0 Å². The second-order valence-corrected chi connectivity index (χ2v) is 22.2. The van der Waals surface area contributed by atoms with Crippen molar-refractivity contribution in [3.8, 4) is 0 Å². The molecule has 0 nitrogen and oxygen atoms in total. The molecule has 0 aliphatic rings. The van der Waals surface area contributed by atoms with Gasteiger partial charge in [0.2, 0.25) is 0 Å². The van der Waals surface area contributed by atoms with Crippen LogP contribution in [-0.4, -0.2) is 28.7 Å². The Kier molecular flexibility index (Phi) is 15.4. The van der Waals surface area contributed by atoms with E-state index in [0.717, 1.165) is 0 Å². The van der Waals surface area contributed by atoms with Crippen LogP contribution in [0.1, 0.15) is 33.4 Å². The molecule has 0 fully saturated rings. The molecule has 2 radical (unpaired) electrons. The summed E-state index contributed by atoms with van der Waals surface area (Å²) in [6.45, 7) is 0. The molecule has 0 bridgehead atoms. The Bertz CT molecular complexity index is 1260. The second-order valence-electron chi connectivity index (χ2n) is 11.5. The van der Waals surface area contributed by atoms with Crippen LogP contribution in [0.2, 0.25) is 0 Å². The average molecular weight is 725 g/mol. The first-order valence-corrected chi connectivity index (χ1v) is 24.6. The molecule has 0 spiro atoms. The zero-order valence-electron chi connectivity index (χ0n) is 26.0. The predicted octanol–water partition coefficient (Wildman–Crippen LogP) is 9.38. The predicted molar refractivity (Wildman–Crippen MR) is 201 cm³/mol. The fourth-order valence-corrected chi connectivity index (χ4v) is 17.5. The van der Waals surface area contributed by atoms with Crippen LogP contribution >= 0.6 is 0 Å². The Morgan fingerprint density at radius 3 is 0.489 bits per heavy atom. The van der Waals surface area contributed by atoms with E-state index in [1.54, 1.807) is 0 Å². The van der Waals surface area contributed by atoms with E-state index in [9.17, 15) is 0 Å². The molecule has 0 unspecified atom stereocenters. The number of hydrogen-bond donors (Lipinski definition) is 0. The van der Waals surface area contributed by atoms with Crippen LogP contribution in [0, 0.1) is 0 Å². The monoisotopic (exact) mass is 727 g/mol. The van der Waals surface area contributed by atoms with Gasteiger partial charge >= 0.3 is 276 Å². The van der Waals surface area contributed by atoms with Gasteiger partial charge in [-0.25, -0.2) is 0 Å². The molecule has 6 rings (SSSR count). The summed E-state index contributed by atoms with van der Waals surface area (Å²) in [6.07, 6.45) is 0. The summed E-state index contributed by atoms with van der Waals surface area (Å²) in [4.78, 5) is 0. The summed E-state index contributed by atoms with van der Waals surface area (Å²) in [6, 6.07) is 66.0. The molecule has 226 valence electrons. The van der Waals surface area contributed by atoms with Gasteiger partial charge in [-0.05, 0) is 0 Å². The van der Waals surface area contributed by atoms with Crippen LogP contribution < -0.4 is 0 Å². The summed E-state index contributed by atoms with van der Waals surface area (Å²) in [7, 11) is 0. The van der Waals surface area contributed by atoms with Crippen LogP contribution in [-0.2, 0) is 45.0 Å². The van der Waals surface area contributed by atoms with Crippen LogP contribution in [0.15, 0.2) is 182 Å². The minimum atomic E-state index is -1.22. The molecule has 0 N–H and O–H groups in total. The quantitative estimate of drug-likeness (QED) is 0.0689. The van der Waals surface area contributed by atoms with E-state index < -0.39 is 28.7 Å². The molecule has 6 aromatic carbocycles. The van der Waals surface area contributed by atoms with E-state index in [4.69, 9.17) is 0 Å². The maximum absolute atomic E-state index is 2.28. The van der Waals surface area contributed by atoms with E-state index in [1.807, 2.05) is 0 Å². The Morgan fingerprint density at radius 2 is 0.356 bits per heavy atom. The van der Waals surface area contributed by atoms with Gasteiger partial charge in [0.15, 0.2) is 0 Å². The van der Waals surface area contributed by atoms with Crippen molar-refractivity contribution in [1.29, 1.82) is 0 Å². The molecule has 0 aromatic heterocycles. The van der Waals surface area contributed by atoms with Crippen molar-refractivity contribution in [2.75, 3.05) is 0 Å². The van der Waals surface area contributed by atoms with Crippen molar-refractivity contribution in [2.24, 2.45) is 0 Å².